The molecule has 1 aromatic carbocycles. The summed E-state index contributed by atoms with van der Waals surface area (Å²) in [6.07, 6.45) is 8.45. The number of aldehydes is 1. The minimum atomic E-state index is -3.59. The van der Waals surface area contributed by atoms with Crippen LogP contribution in [0.25, 0.3) is 10.9 Å². The van der Waals surface area contributed by atoms with Crippen LogP contribution in [0.3, 0.4) is 0 Å². The summed E-state index contributed by atoms with van der Waals surface area (Å²) < 4.78 is 33.0. The van der Waals surface area contributed by atoms with Crippen molar-refractivity contribution in [1.82, 2.24) is 9.29 Å². The predicted molar refractivity (Wildman–Crippen MR) is 113 cm³/mol. The van der Waals surface area contributed by atoms with Gasteiger partial charge in [0, 0.05) is 40.7 Å². The minimum absolute atomic E-state index is 0.0628. The van der Waals surface area contributed by atoms with E-state index in [2.05, 4.69) is 4.98 Å². The zero-order chi connectivity index (χ0) is 20.5. The number of morpholine rings is 1. The number of carbonyl (C=O) groups is 1. The van der Waals surface area contributed by atoms with Gasteiger partial charge in [-0.15, -0.1) is 0 Å². The highest BCUT2D eigenvalue weighted by molar-refractivity contribution is 7.89. The maximum absolute atomic E-state index is 13.1. The van der Waals surface area contributed by atoms with Crippen molar-refractivity contribution in [2.45, 2.75) is 48.8 Å². The highest BCUT2D eigenvalue weighted by Crippen LogP contribution is 2.61. The summed E-state index contributed by atoms with van der Waals surface area (Å²) in [5.74, 6) is 2.33. The van der Waals surface area contributed by atoms with Crippen LogP contribution in [0.15, 0.2) is 23.1 Å². The molecule has 5 fully saturated rings. The molecule has 7 heteroatoms. The van der Waals surface area contributed by atoms with Gasteiger partial charge in [-0.05, 0) is 74.5 Å². The molecule has 0 unspecified atom stereocenters. The lowest BCUT2D eigenvalue weighted by molar-refractivity contribution is -0.00710. The SMILES string of the molecule is O=Cc1c(C23CC4CC(CC(C4)C2)C3)[nH]c2ccc(S(=O)(=O)N3CCOCC3)cc12. The van der Waals surface area contributed by atoms with E-state index < -0.39 is 10.0 Å². The number of sulfonamides is 1. The lowest BCUT2D eigenvalue weighted by atomic mass is 9.48. The second-order valence-electron chi connectivity index (χ2n) is 9.95. The number of aromatic amines is 1. The molecule has 4 saturated carbocycles. The van der Waals surface area contributed by atoms with Crippen molar-refractivity contribution < 1.29 is 17.9 Å². The Hall–Kier alpha value is -1.70. The van der Waals surface area contributed by atoms with E-state index in [1.165, 1.54) is 23.6 Å². The molecule has 0 atom stereocenters. The zero-order valence-electron chi connectivity index (χ0n) is 17.1. The molecule has 1 aliphatic heterocycles. The maximum Gasteiger partial charge on any atom is 0.243 e. The molecule has 0 amide bonds. The van der Waals surface area contributed by atoms with E-state index in [9.17, 15) is 13.2 Å². The van der Waals surface area contributed by atoms with Gasteiger partial charge in [0.25, 0.3) is 0 Å². The fourth-order valence-corrected chi connectivity index (χ4v) is 8.68. The first-order chi connectivity index (χ1) is 14.5. The number of fused-ring (bicyclic) bond motifs is 1. The second kappa shape index (κ2) is 6.65. The molecule has 0 radical (unpaired) electrons. The number of H-pyrrole nitrogens is 1. The summed E-state index contributed by atoms with van der Waals surface area (Å²) in [5.41, 5.74) is 2.66. The number of nitrogens with zero attached hydrogens (tertiary/aromatic N) is 1. The van der Waals surface area contributed by atoms with Gasteiger partial charge in [0.15, 0.2) is 6.29 Å². The Labute approximate surface area is 177 Å². The van der Waals surface area contributed by atoms with Crippen LogP contribution >= 0.6 is 0 Å². The van der Waals surface area contributed by atoms with Gasteiger partial charge in [-0.25, -0.2) is 8.42 Å². The zero-order valence-corrected chi connectivity index (χ0v) is 17.9. The van der Waals surface area contributed by atoms with Gasteiger partial charge in [0.2, 0.25) is 10.0 Å². The first-order valence-corrected chi connectivity index (χ1v) is 12.6. The third kappa shape index (κ3) is 2.75. The number of nitrogens with one attached hydrogen (secondary N) is 1. The number of hydrogen-bond acceptors (Lipinski definition) is 4. The standard InChI is InChI=1S/C23H28N2O4S/c26-14-20-19-10-18(30(27,28)25-3-5-29-6-4-25)1-2-21(19)24-22(20)23-11-15-7-16(12-23)9-17(8-15)13-23/h1-2,10,14-17,24H,3-9,11-13H2. The summed E-state index contributed by atoms with van der Waals surface area (Å²) in [6, 6.07) is 5.20. The smallest absolute Gasteiger partial charge is 0.243 e. The van der Waals surface area contributed by atoms with Crippen molar-refractivity contribution in [2.75, 3.05) is 26.3 Å². The number of ether oxygens (including phenoxy) is 1. The van der Waals surface area contributed by atoms with Crippen molar-refractivity contribution in [2.24, 2.45) is 17.8 Å². The Morgan fingerprint density at radius 3 is 2.27 bits per heavy atom. The third-order valence-electron chi connectivity index (χ3n) is 8.10. The molecular weight excluding hydrogens is 400 g/mol. The lowest BCUT2D eigenvalue weighted by Gasteiger charge is -2.56. The Kier molecular flexibility index (Phi) is 4.21. The van der Waals surface area contributed by atoms with Gasteiger partial charge in [-0.3, -0.25) is 4.79 Å². The van der Waals surface area contributed by atoms with Crippen molar-refractivity contribution >= 4 is 27.2 Å². The monoisotopic (exact) mass is 428 g/mol. The normalized spacial score (nSPS) is 33.9. The number of hydrogen-bond donors (Lipinski definition) is 1. The van der Waals surface area contributed by atoms with Gasteiger partial charge < -0.3 is 9.72 Å². The molecule has 1 aromatic heterocycles. The van der Waals surface area contributed by atoms with E-state index in [0.717, 1.165) is 59.9 Å². The number of carbonyl (C=O) groups excluding carboxylic acids is 1. The Morgan fingerprint density at radius 2 is 1.67 bits per heavy atom. The molecule has 1 saturated heterocycles. The van der Waals surface area contributed by atoms with Gasteiger partial charge >= 0.3 is 0 Å². The van der Waals surface area contributed by atoms with Crippen molar-refractivity contribution in [3.63, 3.8) is 0 Å². The molecule has 1 N–H and O–H groups in total. The van der Waals surface area contributed by atoms with Crippen LogP contribution in [0.2, 0.25) is 0 Å². The largest absolute Gasteiger partial charge is 0.379 e. The molecule has 5 aliphatic rings. The molecule has 4 bridgehead atoms. The summed E-state index contributed by atoms with van der Waals surface area (Å²) in [6.45, 7) is 1.57. The Morgan fingerprint density at radius 1 is 1.03 bits per heavy atom. The van der Waals surface area contributed by atoms with E-state index in [0.29, 0.717) is 31.9 Å². The fourth-order valence-electron chi connectivity index (χ4n) is 7.25. The Balaban J connectivity index is 1.44. The molecule has 2 heterocycles. The first kappa shape index (κ1) is 19.0. The fraction of sp³-hybridized carbons (Fsp3) is 0.609. The molecule has 0 spiro atoms. The highest BCUT2D eigenvalue weighted by atomic mass is 32.2. The predicted octanol–water partition coefficient (Wildman–Crippen LogP) is 3.47. The molecule has 6 nitrogen and oxygen atoms in total. The first-order valence-electron chi connectivity index (χ1n) is 11.2. The summed E-state index contributed by atoms with van der Waals surface area (Å²) in [4.78, 5) is 16.1. The van der Waals surface area contributed by atoms with E-state index in [1.807, 2.05) is 6.07 Å². The average Bonchev–Trinajstić information content (AvgIpc) is 3.12. The van der Waals surface area contributed by atoms with Gasteiger partial charge in [-0.2, -0.15) is 4.31 Å². The molecule has 2 aromatic rings. The van der Waals surface area contributed by atoms with Crippen LogP contribution in [0, 0.1) is 17.8 Å². The van der Waals surface area contributed by atoms with Crippen LogP contribution in [0.5, 0.6) is 0 Å². The number of aromatic nitrogens is 1. The Bertz CT molecular complexity index is 1080. The molecule has 160 valence electrons. The third-order valence-corrected chi connectivity index (χ3v) is 10.00. The number of rotatable bonds is 4. The van der Waals surface area contributed by atoms with Crippen LogP contribution in [-0.4, -0.2) is 50.3 Å². The molecule has 7 rings (SSSR count). The number of benzene rings is 1. The minimum Gasteiger partial charge on any atom is -0.379 e. The van der Waals surface area contributed by atoms with Crippen molar-refractivity contribution in [3.05, 3.63) is 29.5 Å². The molecular formula is C23H28N2O4S. The summed E-state index contributed by atoms with van der Waals surface area (Å²) in [5, 5.41) is 0.741. The van der Waals surface area contributed by atoms with Gasteiger partial charge in [-0.1, -0.05) is 0 Å². The van der Waals surface area contributed by atoms with Crippen molar-refractivity contribution in [1.29, 1.82) is 0 Å². The quantitative estimate of drug-likeness (QED) is 0.757. The summed E-state index contributed by atoms with van der Waals surface area (Å²) in [7, 11) is -3.59. The van der Waals surface area contributed by atoms with Gasteiger partial charge in [0.1, 0.15) is 0 Å². The van der Waals surface area contributed by atoms with Crippen LogP contribution < -0.4 is 0 Å². The van der Waals surface area contributed by atoms with Crippen LogP contribution in [0.1, 0.15) is 54.6 Å². The van der Waals surface area contributed by atoms with E-state index in [-0.39, 0.29) is 10.3 Å². The molecule has 30 heavy (non-hydrogen) atoms. The second-order valence-corrected chi connectivity index (χ2v) is 11.9. The van der Waals surface area contributed by atoms with Crippen LogP contribution in [-0.2, 0) is 20.2 Å². The maximum atomic E-state index is 13.1. The van der Waals surface area contributed by atoms with Crippen LogP contribution in [0.4, 0.5) is 0 Å². The van der Waals surface area contributed by atoms with Gasteiger partial charge in [0.05, 0.1) is 18.1 Å². The lowest BCUT2D eigenvalue weighted by Crippen LogP contribution is -2.49. The highest BCUT2D eigenvalue weighted by Gasteiger charge is 2.53. The average molecular weight is 429 g/mol. The van der Waals surface area contributed by atoms with E-state index in [1.54, 1.807) is 12.1 Å². The molecule has 4 aliphatic carbocycles. The van der Waals surface area contributed by atoms with Crippen molar-refractivity contribution in [3.8, 4) is 0 Å². The topological polar surface area (TPSA) is 79.5 Å². The summed E-state index contributed by atoms with van der Waals surface area (Å²) >= 11 is 0. The van der Waals surface area contributed by atoms with E-state index in [4.69, 9.17) is 4.74 Å². The van der Waals surface area contributed by atoms with E-state index >= 15 is 0 Å².